The van der Waals surface area contributed by atoms with Crippen molar-refractivity contribution in [2.75, 3.05) is 13.1 Å². The first-order valence-corrected chi connectivity index (χ1v) is 8.60. The number of ether oxygens (including phenoxy) is 1. The molecule has 0 amide bonds. The number of hydrogen-bond acceptors (Lipinski definition) is 5. The molecular formula is C15H16FN3O3S. The van der Waals surface area contributed by atoms with Gasteiger partial charge in [0.05, 0.1) is 11.4 Å². The van der Waals surface area contributed by atoms with Gasteiger partial charge in [0.2, 0.25) is 15.9 Å². The summed E-state index contributed by atoms with van der Waals surface area (Å²) >= 11 is 0. The van der Waals surface area contributed by atoms with Crippen LogP contribution in [0.5, 0.6) is 5.88 Å². The van der Waals surface area contributed by atoms with Crippen molar-refractivity contribution >= 4 is 10.0 Å². The van der Waals surface area contributed by atoms with Crippen LogP contribution in [0.2, 0.25) is 0 Å². The van der Waals surface area contributed by atoms with Crippen molar-refractivity contribution in [1.82, 2.24) is 14.3 Å². The molecule has 0 bridgehead atoms. The smallest absolute Gasteiger partial charge is 0.243 e. The number of aryl methyl sites for hydroxylation is 1. The summed E-state index contributed by atoms with van der Waals surface area (Å²) in [6, 6.07) is 5.31. The third-order valence-electron chi connectivity index (χ3n) is 3.70. The Morgan fingerprint density at radius 2 is 2.17 bits per heavy atom. The van der Waals surface area contributed by atoms with E-state index in [0.717, 1.165) is 6.07 Å². The fraction of sp³-hybridized carbons (Fsp3) is 0.333. The molecule has 23 heavy (non-hydrogen) atoms. The summed E-state index contributed by atoms with van der Waals surface area (Å²) in [5.74, 6) is -0.0324. The third kappa shape index (κ3) is 3.32. The summed E-state index contributed by atoms with van der Waals surface area (Å²) in [5.41, 5.74) is 0.394. The molecule has 0 N–H and O–H groups in total. The first-order chi connectivity index (χ1) is 11.0. The topological polar surface area (TPSA) is 72.4 Å². The van der Waals surface area contributed by atoms with Gasteiger partial charge >= 0.3 is 0 Å². The molecule has 2 aromatic rings. The van der Waals surface area contributed by atoms with E-state index in [-0.39, 0.29) is 17.5 Å². The molecule has 1 saturated heterocycles. The summed E-state index contributed by atoms with van der Waals surface area (Å²) < 4.78 is 45.6. The van der Waals surface area contributed by atoms with Gasteiger partial charge in [-0.05, 0) is 37.1 Å². The Labute approximate surface area is 134 Å². The first kappa shape index (κ1) is 15.8. The van der Waals surface area contributed by atoms with Crippen molar-refractivity contribution in [3.8, 4) is 5.88 Å². The van der Waals surface area contributed by atoms with Crippen molar-refractivity contribution in [2.45, 2.75) is 24.3 Å². The number of nitrogens with zero attached hydrogens (tertiary/aromatic N) is 3. The highest BCUT2D eigenvalue weighted by Crippen LogP contribution is 2.25. The van der Waals surface area contributed by atoms with Crippen LogP contribution in [0.4, 0.5) is 4.39 Å². The molecule has 2 heterocycles. The largest absolute Gasteiger partial charge is 0.473 e. The molecule has 1 fully saturated rings. The second-order valence-corrected chi connectivity index (χ2v) is 7.26. The van der Waals surface area contributed by atoms with Gasteiger partial charge < -0.3 is 4.74 Å². The van der Waals surface area contributed by atoms with Crippen LogP contribution in [0.25, 0.3) is 0 Å². The molecule has 0 spiro atoms. The van der Waals surface area contributed by atoms with E-state index in [1.807, 2.05) is 0 Å². The summed E-state index contributed by atoms with van der Waals surface area (Å²) in [5, 5.41) is 0. The van der Waals surface area contributed by atoms with Gasteiger partial charge in [-0.15, -0.1) is 0 Å². The van der Waals surface area contributed by atoms with Crippen LogP contribution in [0.15, 0.2) is 41.7 Å². The number of sulfonamides is 1. The average Bonchev–Trinajstić information content (AvgIpc) is 2.97. The Morgan fingerprint density at radius 3 is 2.87 bits per heavy atom. The Kier molecular flexibility index (Phi) is 4.27. The van der Waals surface area contributed by atoms with Crippen LogP contribution in [-0.4, -0.2) is 41.9 Å². The fourth-order valence-electron chi connectivity index (χ4n) is 2.57. The van der Waals surface area contributed by atoms with E-state index in [1.54, 1.807) is 19.2 Å². The van der Waals surface area contributed by atoms with Crippen molar-refractivity contribution in [3.05, 3.63) is 48.2 Å². The van der Waals surface area contributed by atoms with Gasteiger partial charge in [0.15, 0.2) is 0 Å². The Bertz CT molecular complexity index is 799. The van der Waals surface area contributed by atoms with E-state index in [4.69, 9.17) is 4.74 Å². The molecular weight excluding hydrogens is 321 g/mol. The lowest BCUT2D eigenvalue weighted by Crippen LogP contribution is -2.31. The van der Waals surface area contributed by atoms with E-state index in [1.165, 1.54) is 22.8 Å². The standard InChI is InChI=1S/C15H16FN3O3S/c1-11-8-12(16)2-3-14(11)23(20,21)19-7-5-13(9-19)22-15-4-6-17-10-18-15/h2-4,6,8,10,13H,5,7,9H2,1H3/t13-/m0/s1. The third-order valence-corrected chi connectivity index (χ3v) is 5.73. The van der Waals surface area contributed by atoms with Crippen molar-refractivity contribution in [1.29, 1.82) is 0 Å². The van der Waals surface area contributed by atoms with Gasteiger partial charge in [-0.2, -0.15) is 4.31 Å². The van der Waals surface area contributed by atoms with Crippen molar-refractivity contribution in [2.24, 2.45) is 0 Å². The van der Waals surface area contributed by atoms with E-state index in [0.29, 0.717) is 24.4 Å². The maximum Gasteiger partial charge on any atom is 0.243 e. The quantitative estimate of drug-likeness (QED) is 0.850. The Balaban J connectivity index is 1.75. The first-order valence-electron chi connectivity index (χ1n) is 7.16. The number of hydrogen-bond donors (Lipinski definition) is 0. The highest BCUT2D eigenvalue weighted by atomic mass is 32.2. The van der Waals surface area contributed by atoms with E-state index in [2.05, 4.69) is 9.97 Å². The number of benzene rings is 1. The molecule has 1 aliphatic heterocycles. The monoisotopic (exact) mass is 337 g/mol. The van der Waals surface area contributed by atoms with E-state index in [9.17, 15) is 12.8 Å². The second-order valence-electron chi connectivity index (χ2n) is 5.35. The van der Waals surface area contributed by atoms with Gasteiger partial charge in [-0.3, -0.25) is 0 Å². The lowest BCUT2D eigenvalue weighted by atomic mass is 10.2. The van der Waals surface area contributed by atoms with Crippen LogP contribution in [0.3, 0.4) is 0 Å². The van der Waals surface area contributed by atoms with Crippen LogP contribution in [0.1, 0.15) is 12.0 Å². The van der Waals surface area contributed by atoms with Crippen LogP contribution >= 0.6 is 0 Å². The summed E-state index contributed by atoms with van der Waals surface area (Å²) in [4.78, 5) is 7.90. The minimum atomic E-state index is -3.66. The predicted molar refractivity (Wildman–Crippen MR) is 81.0 cm³/mol. The molecule has 3 rings (SSSR count). The van der Waals surface area contributed by atoms with E-state index >= 15 is 0 Å². The molecule has 8 heteroatoms. The van der Waals surface area contributed by atoms with E-state index < -0.39 is 15.8 Å². The minimum Gasteiger partial charge on any atom is -0.473 e. The Morgan fingerprint density at radius 1 is 1.35 bits per heavy atom. The normalized spacial score (nSPS) is 19.0. The van der Waals surface area contributed by atoms with Gasteiger partial charge in [-0.1, -0.05) is 0 Å². The zero-order chi connectivity index (χ0) is 16.4. The van der Waals surface area contributed by atoms with Crippen LogP contribution in [0, 0.1) is 12.7 Å². The number of halogens is 1. The van der Waals surface area contributed by atoms with Crippen molar-refractivity contribution in [3.63, 3.8) is 0 Å². The molecule has 0 aliphatic carbocycles. The highest BCUT2D eigenvalue weighted by Gasteiger charge is 2.34. The van der Waals surface area contributed by atoms with Gasteiger partial charge in [0.1, 0.15) is 18.2 Å². The van der Waals surface area contributed by atoms with Gasteiger partial charge in [-0.25, -0.2) is 22.8 Å². The molecule has 1 aliphatic rings. The molecule has 1 atom stereocenters. The molecule has 0 radical (unpaired) electrons. The molecule has 6 nitrogen and oxygen atoms in total. The van der Waals surface area contributed by atoms with Crippen LogP contribution in [-0.2, 0) is 10.0 Å². The lowest BCUT2D eigenvalue weighted by Gasteiger charge is -2.18. The maximum atomic E-state index is 13.2. The number of rotatable bonds is 4. The van der Waals surface area contributed by atoms with Gasteiger partial charge in [0.25, 0.3) is 0 Å². The maximum absolute atomic E-state index is 13.2. The molecule has 0 unspecified atom stereocenters. The molecule has 0 saturated carbocycles. The lowest BCUT2D eigenvalue weighted by molar-refractivity contribution is 0.206. The van der Waals surface area contributed by atoms with Gasteiger partial charge in [0, 0.05) is 18.8 Å². The summed E-state index contributed by atoms with van der Waals surface area (Å²) in [6.45, 7) is 2.18. The molecule has 122 valence electrons. The summed E-state index contributed by atoms with van der Waals surface area (Å²) in [6.07, 6.45) is 3.25. The Hall–Kier alpha value is -2.06. The minimum absolute atomic E-state index is 0.126. The predicted octanol–water partition coefficient (Wildman–Crippen LogP) is 1.77. The molecule has 1 aromatic heterocycles. The second kappa shape index (κ2) is 6.21. The zero-order valence-electron chi connectivity index (χ0n) is 12.5. The average molecular weight is 337 g/mol. The highest BCUT2D eigenvalue weighted by molar-refractivity contribution is 7.89. The zero-order valence-corrected chi connectivity index (χ0v) is 13.3. The molecule has 1 aromatic carbocycles. The SMILES string of the molecule is Cc1cc(F)ccc1S(=O)(=O)N1CC[C@H](Oc2ccncn2)C1. The summed E-state index contributed by atoms with van der Waals surface area (Å²) in [7, 11) is -3.66. The van der Waals surface area contributed by atoms with Crippen LogP contribution < -0.4 is 4.74 Å². The number of aromatic nitrogens is 2. The van der Waals surface area contributed by atoms with Crippen molar-refractivity contribution < 1.29 is 17.5 Å². The fourth-order valence-corrected chi connectivity index (χ4v) is 4.26.